The van der Waals surface area contributed by atoms with Gasteiger partial charge in [0.25, 0.3) is 0 Å². The van der Waals surface area contributed by atoms with Crippen molar-refractivity contribution in [2.75, 3.05) is 13.1 Å². The Morgan fingerprint density at radius 1 is 1.31 bits per heavy atom. The molecule has 1 amide bonds. The molecular formula is C12H20N2O2. The summed E-state index contributed by atoms with van der Waals surface area (Å²) < 4.78 is 0. The van der Waals surface area contributed by atoms with Gasteiger partial charge in [0.15, 0.2) is 0 Å². The third kappa shape index (κ3) is 2.06. The van der Waals surface area contributed by atoms with Crippen LogP contribution in [0.1, 0.15) is 45.4 Å². The van der Waals surface area contributed by atoms with Gasteiger partial charge in [-0.05, 0) is 12.8 Å². The lowest BCUT2D eigenvalue weighted by Crippen LogP contribution is -2.45. The maximum Gasteiger partial charge on any atom is 0.228 e. The van der Waals surface area contributed by atoms with Crippen LogP contribution in [-0.2, 0) is 4.79 Å². The number of amides is 1. The average Bonchev–Trinajstić information content (AvgIpc) is 2.77. The van der Waals surface area contributed by atoms with Crippen molar-refractivity contribution >= 4 is 11.6 Å². The third-order valence-electron chi connectivity index (χ3n) is 3.99. The van der Waals surface area contributed by atoms with Gasteiger partial charge in [0.2, 0.25) is 5.91 Å². The molecule has 1 N–H and O–H groups in total. The van der Waals surface area contributed by atoms with Crippen LogP contribution >= 0.6 is 0 Å². The molecule has 0 aromatic heterocycles. The fourth-order valence-corrected chi connectivity index (χ4v) is 2.82. The van der Waals surface area contributed by atoms with E-state index < -0.39 is 0 Å². The van der Waals surface area contributed by atoms with Gasteiger partial charge in [-0.25, -0.2) is 0 Å². The Kier molecular flexibility index (Phi) is 3.17. The molecular weight excluding hydrogens is 204 g/mol. The van der Waals surface area contributed by atoms with E-state index in [0.29, 0.717) is 19.0 Å². The summed E-state index contributed by atoms with van der Waals surface area (Å²) in [4.78, 5) is 14.3. The number of likely N-dealkylation sites (tertiary alicyclic amines) is 1. The maximum atomic E-state index is 12.3. The zero-order chi connectivity index (χ0) is 11.6. The molecule has 0 aromatic rings. The van der Waals surface area contributed by atoms with E-state index in [2.05, 4.69) is 12.1 Å². The van der Waals surface area contributed by atoms with Crippen molar-refractivity contribution in [3.05, 3.63) is 0 Å². The minimum Gasteiger partial charge on any atom is -0.411 e. The predicted octanol–water partition coefficient (Wildman–Crippen LogP) is 2.02. The SMILES string of the molecule is CC1(C(=O)N2CCC(=NO)CC2)CCCC1. The molecule has 0 atom stereocenters. The number of piperidine rings is 1. The minimum atomic E-state index is -0.117. The number of carbonyl (C=O) groups excluding carboxylic acids is 1. The first-order valence-corrected chi connectivity index (χ1v) is 6.15. The second-order valence-corrected chi connectivity index (χ2v) is 5.23. The van der Waals surface area contributed by atoms with Gasteiger partial charge in [-0.1, -0.05) is 24.9 Å². The Bertz CT molecular complexity index is 296. The van der Waals surface area contributed by atoms with Crippen molar-refractivity contribution in [1.82, 2.24) is 4.90 Å². The molecule has 1 saturated carbocycles. The van der Waals surface area contributed by atoms with Crippen molar-refractivity contribution in [2.45, 2.75) is 45.4 Å². The Morgan fingerprint density at radius 2 is 1.88 bits per heavy atom. The second-order valence-electron chi connectivity index (χ2n) is 5.23. The van der Waals surface area contributed by atoms with Crippen molar-refractivity contribution in [2.24, 2.45) is 10.6 Å². The average molecular weight is 224 g/mol. The summed E-state index contributed by atoms with van der Waals surface area (Å²) in [5.74, 6) is 0.307. The van der Waals surface area contributed by atoms with Crippen LogP contribution in [0.3, 0.4) is 0 Å². The first-order valence-electron chi connectivity index (χ1n) is 6.15. The van der Waals surface area contributed by atoms with Crippen molar-refractivity contribution in [3.63, 3.8) is 0 Å². The van der Waals surface area contributed by atoms with Crippen LogP contribution in [0.5, 0.6) is 0 Å². The standard InChI is InChI=1S/C12H20N2O2/c1-12(6-2-3-7-12)11(15)14-8-4-10(13-16)5-9-14/h16H,2-9H2,1H3. The van der Waals surface area contributed by atoms with Crippen LogP contribution in [0.2, 0.25) is 0 Å². The van der Waals surface area contributed by atoms with E-state index in [1.54, 1.807) is 0 Å². The predicted molar refractivity (Wildman–Crippen MR) is 61.6 cm³/mol. The molecule has 0 radical (unpaired) electrons. The number of rotatable bonds is 1. The van der Waals surface area contributed by atoms with E-state index in [1.807, 2.05) is 4.90 Å². The van der Waals surface area contributed by atoms with Crippen LogP contribution in [0.25, 0.3) is 0 Å². The van der Waals surface area contributed by atoms with Crippen molar-refractivity contribution in [1.29, 1.82) is 0 Å². The van der Waals surface area contributed by atoms with Gasteiger partial charge in [0, 0.05) is 31.3 Å². The third-order valence-corrected chi connectivity index (χ3v) is 3.99. The van der Waals surface area contributed by atoms with Gasteiger partial charge in [0.05, 0.1) is 5.71 Å². The lowest BCUT2D eigenvalue weighted by molar-refractivity contribution is -0.141. The van der Waals surface area contributed by atoms with Crippen LogP contribution < -0.4 is 0 Å². The Hall–Kier alpha value is -1.06. The minimum absolute atomic E-state index is 0.117. The largest absolute Gasteiger partial charge is 0.411 e. The van der Waals surface area contributed by atoms with Gasteiger partial charge in [0.1, 0.15) is 0 Å². The highest BCUT2D eigenvalue weighted by atomic mass is 16.4. The van der Waals surface area contributed by atoms with Gasteiger partial charge in [-0.15, -0.1) is 0 Å². The molecule has 90 valence electrons. The van der Waals surface area contributed by atoms with E-state index in [1.165, 1.54) is 12.8 Å². The molecule has 2 aliphatic rings. The van der Waals surface area contributed by atoms with Gasteiger partial charge in [-0.3, -0.25) is 4.79 Å². The van der Waals surface area contributed by atoms with E-state index in [-0.39, 0.29) is 5.41 Å². The Labute approximate surface area is 96.3 Å². The Balaban J connectivity index is 1.96. The fourth-order valence-electron chi connectivity index (χ4n) is 2.82. The normalized spacial score (nSPS) is 24.6. The Morgan fingerprint density at radius 3 is 2.38 bits per heavy atom. The molecule has 4 nitrogen and oxygen atoms in total. The number of hydrogen-bond donors (Lipinski definition) is 1. The lowest BCUT2D eigenvalue weighted by atomic mass is 9.86. The van der Waals surface area contributed by atoms with Crippen LogP contribution in [-0.4, -0.2) is 34.8 Å². The summed E-state index contributed by atoms with van der Waals surface area (Å²) in [5.41, 5.74) is 0.703. The number of oxime groups is 1. The number of hydrogen-bond acceptors (Lipinski definition) is 3. The van der Waals surface area contributed by atoms with E-state index >= 15 is 0 Å². The van der Waals surface area contributed by atoms with Gasteiger partial charge < -0.3 is 10.1 Å². The number of nitrogens with zero attached hydrogens (tertiary/aromatic N) is 2. The van der Waals surface area contributed by atoms with Crippen LogP contribution in [0, 0.1) is 5.41 Å². The molecule has 0 bridgehead atoms. The quantitative estimate of drug-likeness (QED) is 0.547. The zero-order valence-corrected chi connectivity index (χ0v) is 9.91. The first-order chi connectivity index (χ1) is 7.65. The smallest absolute Gasteiger partial charge is 0.228 e. The maximum absolute atomic E-state index is 12.3. The van der Waals surface area contributed by atoms with Crippen molar-refractivity contribution in [3.8, 4) is 0 Å². The monoisotopic (exact) mass is 224 g/mol. The summed E-state index contributed by atoms with van der Waals surface area (Å²) in [5, 5.41) is 11.9. The molecule has 0 unspecified atom stereocenters. The van der Waals surface area contributed by atoms with E-state index in [4.69, 9.17) is 5.21 Å². The molecule has 1 aliphatic heterocycles. The molecule has 16 heavy (non-hydrogen) atoms. The molecule has 0 aromatic carbocycles. The molecule has 1 aliphatic carbocycles. The van der Waals surface area contributed by atoms with Gasteiger partial charge >= 0.3 is 0 Å². The van der Waals surface area contributed by atoms with Crippen LogP contribution in [0.4, 0.5) is 0 Å². The fraction of sp³-hybridized carbons (Fsp3) is 0.833. The molecule has 0 spiro atoms. The van der Waals surface area contributed by atoms with Crippen LogP contribution in [0.15, 0.2) is 5.16 Å². The van der Waals surface area contributed by atoms with Gasteiger partial charge in [-0.2, -0.15) is 0 Å². The lowest BCUT2D eigenvalue weighted by Gasteiger charge is -2.34. The first kappa shape index (κ1) is 11.4. The topological polar surface area (TPSA) is 52.9 Å². The summed E-state index contributed by atoms with van der Waals surface area (Å²) in [7, 11) is 0. The summed E-state index contributed by atoms with van der Waals surface area (Å²) in [6.07, 6.45) is 5.86. The zero-order valence-electron chi connectivity index (χ0n) is 9.91. The summed E-state index contributed by atoms with van der Waals surface area (Å²) in [6.45, 7) is 3.53. The molecule has 1 saturated heterocycles. The second kappa shape index (κ2) is 4.44. The highest BCUT2D eigenvalue weighted by Crippen LogP contribution is 2.39. The van der Waals surface area contributed by atoms with Crippen molar-refractivity contribution < 1.29 is 10.0 Å². The molecule has 2 rings (SSSR count). The molecule has 2 fully saturated rings. The van der Waals surface area contributed by atoms with E-state index in [0.717, 1.165) is 31.4 Å². The molecule has 1 heterocycles. The summed E-state index contributed by atoms with van der Waals surface area (Å²) in [6, 6.07) is 0. The summed E-state index contributed by atoms with van der Waals surface area (Å²) >= 11 is 0. The van der Waals surface area contributed by atoms with E-state index in [9.17, 15) is 4.79 Å². The molecule has 4 heteroatoms. The highest BCUT2D eigenvalue weighted by Gasteiger charge is 2.39. The number of carbonyl (C=O) groups is 1. The highest BCUT2D eigenvalue weighted by molar-refractivity contribution is 5.88.